The first kappa shape index (κ1) is 30.7. The topological polar surface area (TPSA) is 16.4 Å². The van der Waals surface area contributed by atoms with Crippen molar-refractivity contribution in [3.8, 4) is 34.1 Å². The van der Waals surface area contributed by atoms with E-state index in [1.165, 1.54) is 33.4 Å². The van der Waals surface area contributed by atoms with Crippen LogP contribution in [0.3, 0.4) is 0 Å². The number of benzene rings is 8. The van der Waals surface area contributed by atoms with E-state index >= 15 is 0 Å². The van der Waals surface area contributed by atoms with Gasteiger partial charge in [0.05, 0.1) is 0 Å². The van der Waals surface area contributed by atoms with E-state index in [1.807, 2.05) is 30.3 Å². The van der Waals surface area contributed by atoms with Crippen molar-refractivity contribution >= 4 is 39.0 Å². The number of nitrogens with zero attached hydrogens (tertiary/aromatic N) is 1. The number of hydrogen-bond acceptors (Lipinski definition) is 2. The molecule has 0 fully saturated rings. The number of rotatable bonds is 5. The van der Waals surface area contributed by atoms with Gasteiger partial charge in [0.25, 0.3) is 0 Å². The minimum absolute atomic E-state index is 0.642. The zero-order valence-electron chi connectivity index (χ0n) is 28.9. The molecule has 1 aliphatic carbocycles. The summed E-state index contributed by atoms with van der Waals surface area (Å²) in [5, 5.41) is 2.23. The van der Waals surface area contributed by atoms with Crippen LogP contribution in [-0.4, -0.2) is 0 Å². The van der Waals surface area contributed by atoms with Crippen LogP contribution in [0.25, 0.3) is 44.2 Å². The molecule has 2 heteroatoms. The maximum Gasteiger partial charge on any atom is 0.137 e. The van der Waals surface area contributed by atoms with Gasteiger partial charge in [0.15, 0.2) is 0 Å². The summed E-state index contributed by atoms with van der Waals surface area (Å²) >= 11 is 0. The van der Waals surface area contributed by atoms with Gasteiger partial charge in [-0.3, -0.25) is 0 Å². The van der Waals surface area contributed by atoms with Crippen molar-refractivity contribution in [1.82, 2.24) is 0 Å². The van der Waals surface area contributed by atoms with Gasteiger partial charge in [0.2, 0.25) is 0 Å². The third-order valence-corrected chi connectivity index (χ3v) is 10.5. The van der Waals surface area contributed by atoms with Crippen molar-refractivity contribution in [1.29, 1.82) is 0 Å². The number of fused-ring (bicyclic) bond motifs is 6. The second-order valence-electron chi connectivity index (χ2n) is 13.5. The summed E-state index contributed by atoms with van der Waals surface area (Å²) in [6.07, 6.45) is 0. The van der Waals surface area contributed by atoms with Crippen molar-refractivity contribution < 1.29 is 4.42 Å². The Kier molecular flexibility index (Phi) is 7.30. The van der Waals surface area contributed by atoms with Crippen LogP contribution in [0.1, 0.15) is 22.3 Å². The molecule has 10 rings (SSSR count). The van der Waals surface area contributed by atoms with E-state index < -0.39 is 5.41 Å². The molecule has 1 unspecified atom stereocenters. The monoisotopic (exact) mass is 675 g/mol. The lowest BCUT2D eigenvalue weighted by molar-refractivity contribution is 0.669. The van der Waals surface area contributed by atoms with Crippen LogP contribution in [0, 0.1) is 11.8 Å². The Hall–Kier alpha value is -7.08. The smallest absolute Gasteiger partial charge is 0.137 e. The minimum atomic E-state index is -0.642. The Morgan fingerprint density at radius 3 is 1.81 bits per heavy atom. The van der Waals surface area contributed by atoms with Gasteiger partial charge >= 0.3 is 0 Å². The van der Waals surface area contributed by atoms with E-state index in [9.17, 15) is 0 Å². The number of furan rings is 1. The highest BCUT2D eigenvalue weighted by atomic mass is 16.3. The predicted octanol–water partition coefficient (Wildman–Crippen LogP) is 13.1. The summed E-state index contributed by atoms with van der Waals surface area (Å²) in [5.41, 5.74) is 13.5. The normalized spacial score (nSPS) is 14.3. The molecule has 0 bridgehead atoms. The molecule has 1 atom stereocenters. The fraction of sp³-hybridized carbons (Fsp3) is 0.0196. The van der Waals surface area contributed by atoms with E-state index in [0.717, 1.165) is 50.1 Å². The fourth-order valence-electron chi connectivity index (χ4n) is 8.04. The predicted molar refractivity (Wildman–Crippen MR) is 219 cm³/mol. The van der Waals surface area contributed by atoms with Gasteiger partial charge in [-0.15, -0.1) is 0 Å². The van der Waals surface area contributed by atoms with Gasteiger partial charge in [-0.2, -0.15) is 0 Å². The summed E-state index contributed by atoms with van der Waals surface area (Å²) in [5.74, 6) is 7.40. The largest absolute Gasteiger partial charge is 0.456 e. The molecule has 2 nitrogen and oxygen atoms in total. The molecule has 0 N–H and O–H groups in total. The Bertz CT molecular complexity index is 2830. The highest BCUT2D eigenvalue weighted by molar-refractivity contribution is 6.06. The highest BCUT2D eigenvalue weighted by Crippen LogP contribution is 2.54. The SMILES string of the molecule is C(#CC1(c2ccccc2)c2ccccc2-c2cc(N(c3ccc(-c4ccccc4)cc3)c3ccc4c(c3)oc3ccccc34)ccc21)c1ccccc1. The minimum Gasteiger partial charge on any atom is -0.456 e. The molecule has 0 aliphatic heterocycles. The van der Waals surface area contributed by atoms with Gasteiger partial charge in [-0.25, -0.2) is 0 Å². The van der Waals surface area contributed by atoms with Gasteiger partial charge < -0.3 is 9.32 Å². The van der Waals surface area contributed by atoms with Crippen LogP contribution in [0.15, 0.2) is 205 Å². The maximum atomic E-state index is 6.41. The summed E-state index contributed by atoms with van der Waals surface area (Å²) in [6.45, 7) is 0. The Morgan fingerprint density at radius 1 is 0.415 bits per heavy atom. The van der Waals surface area contributed by atoms with Crippen LogP contribution in [0.2, 0.25) is 0 Å². The lowest BCUT2D eigenvalue weighted by atomic mass is 9.73. The van der Waals surface area contributed by atoms with Gasteiger partial charge in [-0.05, 0) is 93.5 Å². The van der Waals surface area contributed by atoms with Crippen molar-refractivity contribution in [3.63, 3.8) is 0 Å². The summed E-state index contributed by atoms with van der Waals surface area (Å²) in [6, 6.07) is 70.8. The molecule has 8 aromatic carbocycles. The molecule has 0 amide bonds. The third-order valence-electron chi connectivity index (χ3n) is 10.5. The van der Waals surface area contributed by atoms with E-state index in [0.29, 0.717) is 0 Å². The van der Waals surface area contributed by atoms with Crippen molar-refractivity contribution in [2.45, 2.75) is 5.41 Å². The van der Waals surface area contributed by atoms with Crippen LogP contribution in [0.5, 0.6) is 0 Å². The van der Waals surface area contributed by atoms with Crippen LogP contribution in [-0.2, 0) is 5.41 Å². The second-order valence-corrected chi connectivity index (χ2v) is 13.5. The van der Waals surface area contributed by atoms with E-state index in [1.54, 1.807) is 0 Å². The van der Waals surface area contributed by atoms with Crippen LogP contribution >= 0.6 is 0 Å². The first-order valence-electron chi connectivity index (χ1n) is 18.0. The molecular weight excluding hydrogens is 643 g/mol. The third kappa shape index (κ3) is 5.14. The fourth-order valence-corrected chi connectivity index (χ4v) is 8.04. The van der Waals surface area contributed by atoms with Crippen LogP contribution < -0.4 is 4.90 Å². The zero-order chi connectivity index (χ0) is 35.2. The van der Waals surface area contributed by atoms with E-state index in [4.69, 9.17) is 4.42 Å². The quantitative estimate of drug-likeness (QED) is 0.169. The first-order valence-corrected chi connectivity index (χ1v) is 18.0. The van der Waals surface area contributed by atoms with Gasteiger partial charge in [0.1, 0.15) is 16.6 Å². The Balaban J connectivity index is 1.18. The second kappa shape index (κ2) is 12.6. The van der Waals surface area contributed by atoms with Gasteiger partial charge in [0, 0.05) is 39.5 Å². The molecule has 1 aliphatic rings. The zero-order valence-corrected chi connectivity index (χ0v) is 28.9. The molecule has 9 aromatic rings. The maximum absolute atomic E-state index is 6.41. The van der Waals surface area contributed by atoms with Crippen molar-refractivity contribution in [3.05, 3.63) is 222 Å². The summed E-state index contributed by atoms with van der Waals surface area (Å²) in [7, 11) is 0. The molecule has 0 saturated carbocycles. The van der Waals surface area contributed by atoms with Crippen molar-refractivity contribution in [2.75, 3.05) is 4.90 Å². The highest BCUT2D eigenvalue weighted by Gasteiger charge is 2.44. The van der Waals surface area contributed by atoms with E-state index in [-0.39, 0.29) is 0 Å². The summed E-state index contributed by atoms with van der Waals surface area (Å²) in [4.78, 5) is 2.34. The number of para-hydroxylation sites is 1. The number of hydrogen-bond donors (Lipinski definition) is 0. The number of anilines is 3. The molecule has 0 saturated heterocycles. The lowest BCUT2D eigenvalue weighted by Crippen LogP contribution is -2.25. The Labute approximate surface area is 309 Å². The van der Waals surface area contributed by atoms with Crippen molar-refractivity contribution in [2.24, 2.45) is 0 Å². The molecule has 53 heavy (non-hydrogen) atoms. The average molecular weight is 676 g/mol. The molecule has 1 heterocycles. The molecular formula is C51H33NO. The molecule has 248 valence electrons. The molecule has 0 spiro atoms. The van der Waals surface area contributed by atoms with E-state index in [2.05, 4.69) is 187 Å². The average Bonchev–Trinajstić information content (AvgIpc) is 3.74. The van der Waals surface area contributed by atoms with Gasteiger partial charge in [-0.1, -0.05) is 151 Å². The Morgan fingerprint density at radius 2 is 1.00 bits per heavy atom. The summed E-state index contributed by atoms with van der Waals surface area (Å²) < 4.78 is 6.41. The van der Waals surface area contributed by atoms with Crippen LogP contribution in [0.4, 0.5) is 17.1 Å². The molecule has 1 aromatic heterocycles. The lowest BCUT2D eigenvalue weighted by Gasteiger charge is -2.29. The first-order chi connectivity index (χ1) is 26.3. The standard InChI is InChI=1S/C51H33NO/c1-4-14-36(15-5-1)32-33-51(39-18-8-3-9-19-39)47-22-12-10-20-43(47)46-34-41(29-31-48(46)51)52(40-26-24-38(25-27-40)37-16-6-2-7-17-37)42-28-30-45-44-21-11-13-23-49(44)53-50(45)35-42/h1-31,34-35H. The molecule has 0 radical (unpaired) electrons.